The minimum Gasteiger partial charge on any atom is -0.496 e. The van der Waals surface area contributed by atoms with Crippen LogP contribution in [0.3, 0.4) is 0 Å². The van der Waals surface area contributed by atoms with E-state index < -0.39 is 6.03 Å². The predicted octanol–water partition coefficient (Wildman–Crippen LogP) is -0.107. The number of hydrogen-bond donors (Lipinski definition) is 1. The number of fused-ring (bicyclic) bond motifs is 4. The zero-order valence-corrected chi connectivity index (χ0v) is 9.78. The van der Waals surface area contributed by atoms with Gasteiger partial charge < -0.3 is 10.1 Å². The van der Waals surface area contributed by atoms with Gasteiger partial charge in [-0.1, -0.05) is 0 Å². The number of pyridine rings is 1. The maximum atomic E-state index is 11.5. The summed E-state index contributed by atoms with van der Waals surface area (Å²) in [6.07, 6.45) is 7.94. The molecule has 0 spiro atoms. The van der Waals surface area contributed by atoms with Crippen LogP contribution in [0.25, 0.3) is 6.08 Å². The van der Waals surface area contributed by atoms with Crippen molar-refractivity contribution in [2.75, 3.05) is 6.61 Å². The molecule has 7 heteroatoms. The van der Waals surface area contributed by atoms with Gasteiger partial charge >= 0.3 is 6.03 Å². The third kappa shape index (κ3) is 2.39. The summed E-state index contributed by atoms with van der Waals surface area (Å²) in [5.74, 6) is 0. The van der Waals surface area contributed by atoms with E-state index >= 15 is 0 Å². The lowest BCUT2D eigenvalue weighted by Gasteiger charge is -1.99. The third-order valence-electron chi connectivity index (χ3n) is 2.45. The van der Waals surface area contributed by atoms with Gasteiger partial charge in [-0.25, -0.2) is 9.78 Å². The van der Waals surface area contributed by atoms with Crippen LogP contribution >= 0.6 is 0 Å². The lowest BCUT2D eigenvalue weighted by molar-refractivity contribution is 0.250. The van der Waals surface area contributed by atoms with Crippen LogP contribution in [0.4, 0.5) is 4.79 Å². The van der Waals surface area contributed by atoms with Crippen LogP contribution in [0.1, 0.15) is 11.3 Å². The lowest BCUT2D eigenvalue weighted by Crippen LogP contribution is -2.24. The summed E-state index contributed by atoms with van der Waals surface area (Å²) in [6.45, 7) is 0.366. The third-order valence-corrected chi connectivity index (χ3v) is 2.45. The zero-order chi connectivity index (χ0) is 13.1. The Balaban J connectivity index is 2.17. The van der Waals surface area contributed by atoms with Crippen molar-refractivity contribution in [3.63, 3.8) is 0 Å². The second-order valence-electron chi connectivity index (χ2n) is 3.75. The van der Waals surface area contributed by atoms with Crippen molar-refractivity contribution in [1.82, 2.24) is 10.3 Å². The van der Waals surface area contributed by atoms with Gasteiger partial charge in [0.15, 0.2) is 5.49 Å². The molecule has 2 bridgehead atoms. The van der Waals surface area contributed by atoms with Crippen molar-refractivity contribution in [2.45, 2.75) is 0 Å². The molecule has 2 amide bonds. The molecule has 0 unspecified atom stereocenters. The highest BCUT2D eigenvalue weighted by Gasteiger charge is 2.07. The van der Waals surface area contributed by atoms with Gasteiger partial charge in [0.05, 0.1) is 18.2 Å². The van der Waals surface area contributed by atoms with Crippen LogP contribution in [0.15, 0.2) is 39.8 Å². The maximum Gasteiger partial charge on any atom is 0.347 e. The molecule has 7 nitrogen and oxygen atoms in total. The van der Waals surface area contributed by atoms with E-state index in [1.54, 1.807) is 24.4 Å². The Kier molecular flexibility index (Phi) is 2.85. The Morgan fingerprint density at radius 2 is 2.32 bits per heavy atom. The molecule has 1 aromatic rings. The van der Waals surface area contributed by atoms with Crippen molar-refractivity contribution >= 4 is 18.3 Å². The Hall–Kier alpha value is -2.83. The molecular formula is C12H9N5O2. The molecule has 0 saturated carbocycles. The summed E-state index contributed by atoms with van der Waals surface area (Å²) in [5, 5.41) is 10.9. The summed E-state index contributed by atoms with van der Waals surface area (Å²) in [7, 11) is 0. The van der Waals surface area contributed by atoms with Gasteiger partial charge in [0.2, 0.25) is 0 Å². The molecular weight excluding hydrogens is 246 g/mol. The van der Waals surface area contributed by atoms with Crippen molar-refractivity contribution in [2.24, 2.45) is 15.2 Å². The largest absolute Gasteiger partial charge is 0.496 e. The summed E-state index contributed by atoms with van der Waals surface area (Å²) in [6, 6.07) is 1.15. The van der Waals surface area contributed by atoms with Gasteiger partial charge in [0.1, 0.15) is 12.0 Å². The number of carbonyl (C=O) groups excluding carboxylic acids is 1. The van der Waals surface area contributed by atoms with Gasteiger partial charge in [0, 0.05) is 11.8 Å². The molecule has 3 heterocycles. The molecule has 19 heavy (non-hydrogen) atoms. The molecule has 1 aromatic heterocycles. The molecule has 94 valence electrons. The van der Waals surface area contributed by atoms with Gasteiger partial charge in [-0.3, -0.25) is 0 Å². The molecule has 0 aromatic carbocycles. The standard InChI is InChI=1S/C12H9N5O2/c18-12-13-3-5-19-4-1-2-9-11-8(7-14-17-11)6-10(15-9)16-12/h1-3,5-7H,4H2,(H,13,18)/b2-1-,5-3-,16-10?. The highest BCUT2D eigenvalue weighted by Crippen LogP contribution is 1.97. The second kappa shape index (κ2) is 4.81. The number of rotatable bonds is 0. The quantitative estimate of drug-likeness (QED) is 0.701. The van der Waals surface area contributed by atoms with Crippen molar-refractivity contribution in [3.05, 3.63) is 46.7 Å². The highest BCUT2D eigenvalue weighted by atomic mass is 16.5. The minimum atomic E-state index is -0.519. The summed E-state index contributed by atoms with van der Waals surface area (Å²) in [4.78, 5) is 19.6. The van der Waals surface area contributed by atoms with Crippen LogP contribution in [0, 0.1) is 0 Å². The first kappa shape index (κ1) is 11.3. The number of nitrogens with one attached hydrogen (secondary N) is 1. The molecule has 2 aliphatic rings. The zero-order valence-electron chi connectivity index (χ0n) is 9.78. The van der Waals surface area contributed by atoms with E-state index in [2.05, 4.69) is 25.5 Å². The first-order valence-corrected chi connectivity index (χ1v) is 5.57. The fraction of sp³-hybridized carbons (Fsp3) is 0.0833. The molecule has 0 fully saturated rings. The van der Waals surface area contributed by atoms with E-state index in [4.69, 9.17) is 4.74 Å². The van der Waals surface area contributed by atoms with Crippen molar-refractivity contribution < 1.29 is 9.53 Å². The lowest BCUT2D eigenvalue weighted by atomic mass is 10.2. The molecule has 0 saturated heterocycles. The van der Waals surface area contributed by atoms with E-state index in [0.717, 1.165) is 5.56 Å². The van der Waals surface area contributed by atoms with E-state index in [1.165, 1.54) is 12.5 Å². The Morgan fingerprint density at radius 3 is 3.26 bits per heavy atom. The number of carbonyl (C=O) groups is 1. The molecule has 0 aliphatic carbocycles. The van der Waals surface area contributed by atoms with Crippen LogP contribution < -0.4 is 16.2 Å². The fourth-order valence-electron chi connectivity index (χ4n) is 1.65. The monoisotopic (exact) mass is 255 g/mol. The number of ether oxygens (including phenoxy) is 1. The number of nitrogens with zero attached hydrogens (tertiary/aromatic N) is 4. The van der Waals surface area contributed by atoms with Crippen LogP contribution in [-0.2, 0) is 4.74 Å². The van der Waals surface area contributed by atoms with E-state index in [0.29, 0.717) is 23.1 Å². The predicted molar refractivity (Wildman–Crippen MR) is 66.8 cm³/mol. The maximum absolute atomic E-state index is 11.5. The molecule has 2 aliphatic heterocycles. The minimum absolute atomic E-state index is 0.314. The second-order valence-corrected chi connectivity index (χ2v) is 3.75. The summed E-state index contributed by atoms with van der Waals surface area (Å²) >= 11 is 0. The first-order chi connectivity index (χ1) is 9.33. The van der Waals surface area contributed by atoms with Gasteiger partial charge in [-0.15, -0.1) is 5.10 Å². The molecule has 1 N–H and O–H groups in total. The van der Waals surface area contributed by atoms with Gasteiger partial charge in [-0.2, -0.15) is 10.1 Å². The van der Waals surface area contributed by atoms with Crippen molar-refractivity contribution in [1.29, 1.82) is 0 Å². The number of urea groups is 1. The molecule has 0 atom stereocenters. The van der Waals surface area contributed by atoms with E-state index in [-0.39, 0.29) is 0 Å². The molecule has 0 radical (unpaired) electrons. The Bertz CT molecular complexity index is 733. The van der Waals surface area contributed by atoms with Crippen LogP contribution in [0.2, 0.25) is 0 Å². The normalized spacial score (nSPS) is 19.7. The highest BCUT2D eigenvalue weighted by molar-refractivity contribution is 5.81. The Morgan fingerprint density at radius 1 is 1.37 bits per heavy atom. The number of hydrogen-bond acceptors (Lipinski definition) is 5. The summed E-state index contributed by atoms with van der Waals surface area (Å²) in [5.41, 5.74) is 1.71. The van der Waals surface area contributed by atoms with Crippen LogP contribution in [0.5, 0.6) is 0 Å². The van der Waals surface area contributed by atoms with Crippen molar-refractivity contribution in [3.8, 4) is 0 Å². The van der Waals surface area contributed by atoms with Gasteiger partial charge in [-0.05, 0) is 18.2 Å². The topological polar surface area (TPSA) is 88.3 Å². The average Bonchev–Trinajstić information content (AvgIpc) is 2.84. The van der Waals surface area contributed by atoms with E-state index in [1.807, 2.05) is 0 Å². The average molecular weight is 255 g/mol. The number of amides is 2. The summed E-state index contributed by atoms with van der Waals surface area (Å²) < 4.78 is 5.13. The smallest absolute Gasteiger partial charge is 0.347 e. The first-order valence-electron chi connectivity index (χ1n) is 5.57. The SMILES string of the molecule is O=C1N=c2cc3c(c(n2)/C=C\CO/C=C\N1)=NN=C3. The van der Waals surface area contributed by atoms with E-state index in [9.17, 15) is 4.79 Å². The number of aromatic nitrogens is 1. The van der Waals surface area contributed by atoms with Gasteiger partial charge in [0.25, 0.3) is 0 Å². The molecule has 3 rings (SSSR count). The Labute approximate surface area is 107 Å². The fourth-order valence-corrected chi connectivity index (χ4v) is 1.65. The van der Waals surface area contributed by atoms with Crippen LogP contribution in [-0.4, -0.2) is 23.8 Å².